The van der Waals surface area contributed by atoms with Crippen LogP contribution in [-0.2, 0) is 14.8 Å². The number of hydrogen-bond donors (Lipinski definition) is 1. The molecule has 0 saturated carbocycles. The summed E-state index contributed by atoms with van der Waals surface area (Å²) in [5.41, 5.74) is 0.0516. The highest BCUT2D eigenvalue weighted by atomic mass is 35.5. The number of carboxylic acid groups (broad SMARTS) is 1. The summed E-state index contributed by atoms with van der Waals surface area (Å²) >= 11 is 18.0. The van der Waals surface area contributed by atoms with Crippen LogP contribution in [0.1, 0.15) is 12.8 Å². The SMILES string of the molecule is O=C(O)CCCN(c1cc(Cl)c(Cl)cc1Cl)S(=O)(=O)c1ccc(F)cc1. The van der Waals surface area contributed by atoms with Crippen molar-refractivity contribution in [1.29, 1.82) is 0 Å². The van der Waals surface area contributed by atoms with E-state index in [9.17, 15) is 17.6 Å². The van der Waals surface area contributed by atoms with Gasteiger partial charge in [-0.2, -0.15) is 0 Å². The van der Waals surface area contributed by atoms with Gasteiger partial charge >= 0.3 is 5.97 Å². The number of carboxylic acids is 1. The first-order chi connectivity index (χ1) is 12.1. The first-order valence-corrected chi connectivity index (χ1v) is 9.85. The fraction of sp³-hybridized carbons (Fsp3) is 0.188. The van der Waals surface area contributed by atoms with E-state index in [4.69, 9.17) is 39.9 Å². The van der Waals surface area contributed by atoms with Crippen LogP contribution in [0.3, 0.4) is 0 Å². The van der Waals surface area contributed by atoms with E-state index < -0.39 is 21.8 Å². The maximum Gasteiger partial charge on any atom is 0.303 e. The van der Waals surface area contributed by atoms with Crippen LogP contribution in [0.5, 0.6) is 0 Å². The molecule has 0 amide bonds. The average Bonchev–Trinajstić information content (AvgIpc) is 2.55. The minimum atomic E-state index is -4.13. The third kappa shape index (κ3) is 4.79. The van der Waals surface area contributed by atoms with Crippen LogP contribution in [0.2, 0.25) is 15.1 Å². The standard InChI is InChI=1S/C16H13Cl3FNO4S/c17-12-8-14(19)15(9-13(12)18)21(7-1-2-16(22)23)26(24,25)11-5-3-10(20)4-6-11/h3-6,8-9H,1-2,7H2,(H,22,23). The van der Waals surface area contributed by atoms with Gasteiger partial charge in [0.05, 0.1) is 25.7 Å². The highest BCUT2D eigenvalue weighted by Gasteiger charge is 2.27. The van der Waals surface area contributed by atoms with Crippen molar-refractivity contribution in [2.45, 2.75) is 17.7 Å². The molecule has 0 aliphatic rings. The number of benzene rings is 2. The Morgan fingerprint density at radius 1 is 1.04 bits per heavy atom. The molecule has 0 aliphatic heterocycles. The van der Waals surface area contributed by atoms with E-state index in [-0.39, 0.29) is 45.0 Å². The minimum absolute atomic E-state index is 0.0282. The Morgan fingerprint density at radius 3 is 2.19 bits per heavy atom. The van der Waals surface area contributed by atoms with Crippen molar-refractivity contribution >= 4 is 56.5 Å². The molecule has 1 N–H and O–H groups in total. The molecule has 0 saturated heterocycles. The van der Waals surface area contributed by atoms with E-state index >= 15 is 0 Å². The number of sulfonamides is 1. The first-order valence-electron chi connectivity index (χ1n) is 7.27. The van der Waals surface area contributed by atoms with Gasteiger partial charge in [-0.15, -0.1) is 0 Å². The van der Waals surface area contributed by atoms with Crippen LogP contribution in [0.4, 0.5) is 10.1 Å². The van der Waals surface area contributed by atoms with E-state index in [0.29, 0.717) is 0 Å². The third-order valence-electron chi connectivity index (χ3n) is 3.41. The van der Waals surface area contributed by atoms with Gasteiger partial charge in [-0.1, -0.05) is 34.8 Å². The lowest BCUT2D eigenvalue weighted by atomic mass is 10.2. The summed E-state index contributed by atoms with van der Waals surface area (Å²) in [6, 6.07) is 6.83. The highest BCUT2D eigenvalue weighted by Crippen LogP contribution is 2.37. The monoisotopic (exact) mass is 439 g/mol. The van der Waals surface area contributed by atoms with Gasteiger partial charge in [0.1, 0.15) is 5.82 Å². The van der Waals surface area contributed by atoms with Gasteiger partial charge in [-0.3, -0.25) is 9.10 Å². The van der Waals surface area contributed by atoms with E-state index in [1.54, 1.807) is 0 Å². The molecule has 0 unspecified atom stereocenters. The fourth-order valence-electron chi connectivity index (χ4n) is 2.18. The molecule has 0 atom stereocenters. The van der Waals surface area contributed by atoms with E-state index in [1.807, 2.05) is 0 Å². The molecule has 0 aromatic heterocycles. The van der Waals surface area contributed by atoms with Crippen molar-refractivity contribution in [3.05, 3.63) is 57.3 Å². The molecule has 0 bridgehead atoms. The predicted molar refractivity (Wildman–Crippen MR) is 99.3 cm³/mol. The smallest absolute Gasteiger partial charge is 0.303 e. The minimum Gasteiger partial charge on any atom is -0.481 e. The Bertz CT molecular complexity index is 920. The van der Waals surface area contributed by atoms with Gasteiger partial charge in [-0.25, -0.2) is 12.8 Å². The van der Waals surface area contributed by atoms with E-state index in [1.165, 1.54) is 12.1 Å². The van der Waals surface area contributed by atoms with Crippen molar-refractivity contribution < 1.29 is 22.7 Å². The summed E-state index contributed by atoms with van der Waals surface area (Å²) in [6.45, 7) is -0.163. The maximum atomic E-state index is 13.1. The van der Waals surface area contributed by atoms with Crippen molar-refractivity contribution in [1.82, 2.24) is 0 Å². The lowest BCUT2D eigenvalue weighted by Gasteiger charge is -2.25. The number of hydrogen-bond acceptors (Lipinski definition) is 3. The predicted octanol–water partition coefficient (Wildman–Crippen LogP) is 4.85. The fourth-order valence-corrected chi connectivity index (χ4v) is 4.39. The molecular weight excluding hydrogens is 428 g/mol. The lowest BCUT2D eigenvalue weighted by molar-refractivity contribution is -0.137. The van der Waals surface area contributed by atoms with Crippen molar-refractivity contribution in [3.8, 4) is 0 Å². The van der Waals surface area contributed by atoms with Gasteiger partial charge in [0.15, 0.2) is 0 Å². The summed E-state index contributed by atoms with van der Waals surface area (Å²) in [5, 5.41) is 9.07. The molecule has 0 fully saturated rings. The normalized spacial score (nSPS) is 11.4. The van der Waals surface area contributed by atoms with Crippen molar-refractivity contribution in [2.75, 3.05) is 10.8 Å². The zero-order chi connectivity index (χ0) is 19.5. The van der Waals surface area contributed by atoms with Crippen LogP contribution in [0.15, 0.2) is 41.3 Å². The summed E-state index contributed by atoms with van der Waals surface area (Å²) in [5.74, 6) is -1.65. The molecule has 2 aromatic rings. The zero-order valence-corrected chi connectivity index (χ0v) is 16.2. The third-order valence-corrected chi connectivity index (χ3v) is 6.26. The summed E-state index contributed by atoms with van der Waals surface area (Å²) in [4.78, 5) is 10.6. The molecule has 0 aliphatic carbocycles. The second kappa shape index (κ2) is 8.43. The largest absolute Gasteiger partial charge is 0.481 e. The Balaban J connectivity index is 2.51. The second-order valence-corrected chi connectivity index (χ2v) is 8.33. The van der Waals surface area contributed by atoms with Crippen LogP contribution < -0.4 is 4.31 Å². The van der Waals surface area contributed by atoms with Gasteiger partial charge in [-0.05, 0) is 42.8 Å². The Morgan fingerprint density at radius 2 is 1.62 bits per heavy atom. The number of anilines is 1. The quantitative estimate of drug-likeness (QED) is 0.625. The molecule has 0 spiro atoms. The van der Waals surface area contributed by atoms with Gasteiger partial charge in [0.25, 0.3) is 10.0 Å². The lowest BCUT2D eigenvalue weighted by Crippen LogP contribution is -2.32. The van der Waals surface area contributed by atoms with Crippen LogP contribution >= 0.6 is 34.8 Å². The van der Waals surface area contributed by atoms with Crippen LogP contribution in [0.25, 0.3) is 0 Å². The average molecular weight is 441 g/mol. The Labute approximate surface area is 164 Å². The number of aliphatic carboxylic acids is 1. The molecule has 140 valence electrons. The Hall–Kier alpha value is -1.54. The molecule has 2 aromatic carbocycles. The zero-order valence-electron chi connectivity index (χ0n) is 13.1. The van der Waals surface area contributed by atoms with E-state index in [2.05, 4.69) is 0 Å². The molecule has 2 rings (SSSR count). The summed E-state index contributed by atoms with van der Waals surface area (Å²) in [6.07, 6.45) is -0.208. The van der Waals surface area contributed by atoms with E-state index in [0.717, 1.165) is 28.6 Å². The molecular formula is C16H13Cl3FNO4S. The number of rotatable bonds is 7. The maximum absolute atomic E-state index is 13.1. The van der Waals surface area contributed by atoms with Crippen molar-refractivity contribution in [2.24, 2.45) is 0 Å². The van der Waals surface area contributed by atoms with Gasteiger partial charge in [0, 0.05) is 13.0 Å². The highest BCUT2D eigenvalue weighted by molar-refractivity contribution is 7.92. The van der Waals surface area contributed by atoms with Crippen LogP contribution in [0, 0.1) is 5.82 Å². The van der Waals surface area contributed by atoms with Crippen molar-refractivity contribution in [3.63, 3.8) is 0 Å². The van der Waals surface area contributed by atoms with Gasteiger partial charge < -0.3 is 5.11 Å². The molecule has 10 heteroatoms. The molecule has 0 heterocycles. The number of halogens is 4. The molecule has 5 nitrogen and oxygen atoms in total. The summed E-state index contributed by atoms with van der Waals surface area (Å²) in [7, 11) is -4.13. The first kappa shape index (κ1) is 20.8. The topological polar surface area (TPSA) is 74.7 Å². The summed E-state index contributed by atoms with van der Waals surface area (Å²) < 4.78 is 40.0. The number of carbonyl (C=O) groups is 1. The van der Waals surface area contributed by atoms with Crippen LogP contribution in [-0.4, -0.2) is 26.0 Å². The second-order valence-electron chi connectivity index (χ2n) is 5.25. The molecule has 0 radical (unpaired) electrons. The van der Waals surface area contributed by atoms with Gasteiger partial charge in [0.2, 0.25) is 0 Å². The molecule has 26 heavy (non-hydrogen) atoms. The number of nitrogens with zero attached hydrogens (tertiary/aromatic N) is 1. The Kier molecular flexibility index (Phi) is 6.74.